The number of anilines is 1. The van der Waals surface area contributed by atoms with Gasteiger partial charge in [0, 0.05) is 23.3 Å². The van der Waals surface area contributed by atoms with Crippen molar-refractivity contribution in [3.8, 4) is 0 Å². The summed E-state index contributed by atoms with van der Waals surface area (Å²) in [7, 11) is 1.81. The van der Waals surface area contributed by atoms with Gasteiger partial charge in [-0.15, -0.1) is 10.2 Å². The first kappa shape index (κ1) is 21.9. The van der Waals surface area contributed by atoms with Gasteiger partial charge in [0.15, 0.2) is 11.0 Å². The van der Waals surface area contributed by atoms with E-state index in [0.29, 0.717) is 21.6 Å². The molecule has 156 valence electrons. The van der Waals surface area contributed by atoms with Gasteiger partial charge in [-0.25, -0.2) is 0 Å². The molecule has 0 aliphatic rings. The van der Waals surface area contributed by atoms with Crippen LogP contribution in [0.25, 0.3) is 0 Å². The maximum Gasteiger partial charge on any atom is 0.251 e. The van der Waals surface area contributed by atoms with Crippen LogP contribution in [0.3, 0.4) is 0 Å². The highest BCUT2D eigenvalue weighted by molar-refractivity contribution is 7.99. The van der Waals surface area contributed by atoms with Crippen LogP contribution in [0.1, 0.15) is 34.7 Å². The lowest BCUT2D eigenvalue weighted by Gasteiger charge is -2.13. The van der Waals surface area contributed by atoms with Crippen LogP contribution >= 0.6 is 23.4 Å². The van der Waals surface area contributed by atoms with Gasteiger partial charge in [-0.3, -0.25) is 9.59 Å². The number of aromatic nitrogens is 3. The second-order valence-electron chi connectivity index (χ2n) is 6.81. The summed E-state index contributed by atoms with van der Waals surface area (Å²) in [5.41, 5.74) is 2.35. The molecule has 3 rings (SSSR count). The standard InChI is InChI=1S/C21H22ClN5O2S/c1-13-5-4-6-17(11-13)24-18(28)12-30-21-26-25-19(27(21)3)14(2)23-20(29)15-7-9-16(22)10-8-15/h4-11,14H,12H2,1-3H3,(H,23,29)(H,24,28)/t14-/m1/s1. The summed E-state index contributed by atoms with van der Waals surface area (Å²) in [5.74, 6) is 0.442. The van der Waals surface area contributed by atoms with E-state index < -0.39 is 0 Å². The van der Waals surface area contributed by atoms with Crippen molar-refractivity contribution in [2.75, 3.05) is 11.1 Å². The number of benzene rings is 2. The summed E-state index contributed by atoms with van der Waals surface area (Å²) in [6.45, 7) is 3.80. The molecule has 1 atom stereocenters. The summed E-state index contributed by atoms with van der Waals surface area (Å²) < 4.78 is 1.78. The van der Waals surface area contributed by atoms with Crippen LogP contribution in [0.5, 0.6) is 0 Å². The molecule has 2 aromatic carbocycles. The van der Waals surface area contributed by atoms with Crippen molar-refractivity contribution in [3.63, 3.8) is 0 Å². The van der Waals surface area contributed by atoms with Crippen LogP contribution in [-0.4, -0.2) is 32.3 Å². The first-order valence-electron chi connectivity index (χ1n) is 9.28. The molecule has 0 unspecified atom stereocenters. The largest absolute Gasteiger partial charge is 0.342 e. The lowest BCUT2D eigenvalue weighted by molar-refractivity contribution is -0.113. The van der Waals surface area contributed by atoms with Crippen LogP contribution in [0.4, 0.5) is 5.69 Å². The molecular formula is C21H22ClN5O2S. The van der Waals surface area contributed by atoms with Crippen LogP contribution in [0.2, 0.25) is 5.02 Å². The van der Waals surface area contributed by atoms with Gasteiger partial charge in [-0.05, 0) is 55.8 Å². The zero-order valence-corrected chi connectivity index (χ0v) is 18.4. The number of halogens is 1. The van der Waals surface area contributed by atoms with E-state index >= 15 is 0 Å². The SMILES string of the molecule is Cc1cccc(NC(=O)CSc2nnc([C@@H](C)NC(=O)c3ccc(Cl)cc3)n2C)c1. The molecule has 9 heteroatoms. The lowest BCUT2D eigenvalue weighted by atomic mass is 10.2. The molecule has 0 aliphatic carbocycles. The Morgan fingerprint density at radius 2 is 1.90 bits per heavy atom. The lowest BCUT2D eigenvalue weighted by Crippen LogP contribution is -2.28. The molecule has 1 heterocycles. The minimum atomic E-state index is -0.360. The number of hydrogen-bond donors (Lipinski definition) is 2. The van der Waals surface area contributed by atoms with Crippen molar-refractivity contribution < 1.29 is 9.59 Å². The second kappa shape index (κ2) is 9.77. The summed E-state index contributed by atoms with van der Waals surface area (Å²) in [6.07, 6.45) is 0. The van der Waals surface area contributed by atoms with E-state index in [1.54, 1.807) is 35.9 Å². The predicted molar refractivity (Wildman–Crippen MR) is 119 cm³/mol. The van der Waals surface area contributed by atoms with Gasteiger partial charge in [0.05, 0.1) is 11.8 Å². The average Bonchev–Trinajstić information content (AvgIpc) is 3.07. The van der Waals surface area contributed by atoms with E-state index in [2.05, 4.69) is 20.8 Å². The summed E-state index contributed by atoms with van der Waals surface area (Å²) in [6, 6.07) is 13.9. The van der Waals surface area contributed by atoms with E-state index in [9.17, 15) is 9.59 Å². The second-order valence-corrected chi connectivity index (χ2v) is 8.19. The van der Waals surface area contributed by atoms with E-state index in [4.69, 9.17) is 11.6 Å². The first-order chi connectivity index (χ1) is 14.3. The van der Waals surface area contributed by atoms with E-state index in [-0.39, 0.29) is 23.6 Å². The van der Waals surface area contributed by atoms with E-state index in [0.717, 1.165) is 11.3 Å². The minimum absolute atomic E-state index is 0.126. The van der Waals surface area contributed by atoms with Crippen LogP contribution < -0.4 is 10.6 Å². The fraction of sp³-hybridized carbons (Fsp3) is 0.238. The zero-order chi connectivity index (χ0) is 21.7. The number of carbonyl (C=O) groups excluding carboxylic acids is 2. The Morgan fingerprint density at radius 3 is 2.60 bits per heavy atom. The Balaban J connectivity index is 1.57. The van der Waals surface area contributed by atoms with Crippen molar-refractivity contribution >= 4 is 40.9 Å². The fourth-order valence-corrected chi connectivity index (χ4v) is 3.67. The molecule has 30 heavy (non-hydrogen) atoms. The van der Waals surface area contributed by atoms with E-state index in [1.807, 2.05) is 38.1 Å². The Bertz CT molecular complexity index is 1050. The Morgan fingerprint density at radius 1 is 1.17 bits per heavy atom. The number of hydrogen-bond acceptors (Lipinski definition) is 5. The van der Waals surface area contributed by atoms with E-state index in [1.165, 1.54) is 11.8 Å². The van der Waals surface area contributed by atoms with Gasteiger partial charge in [-0.2, -0.15) is 0 Å². The molecule has 2 amide bonds. The number of nitrogens with one attached hydrogen (secondary N) is 2. The molecule has 0 fully saturated rings. The highest BCUT2D eigenvalue weighted by atomic mass is 35.5. The molecule has 3 aromatic rings. The molecule has 1 aromatic heterocycles. The number of aryl methyl sites for hydroxylation is 1. The van der Waals surface area contributed by atoms with Crippen molar-refractivity contribution in [2.24, 2.45) is 7.05 Å². The van der Waals surface area contributed by atoms with Crippen LogP contribution in [0.15, 0.2) is 53.7 Å². The monoisotopic (exact) mass is 443 g/mol. The summed E-state index contributed by atoms with van der Waals surface area (Å²) >= 11 is 7.15. The molecule has 0 saturated carbocycles. The van der Waals surface area contributed by atoms with Crippen LogP contribution in [-0.2, 0) is 11.8 Å². The molecule has 0 bridgehead atoms. The normalized spacial score (nSPS) is 11.7. The number of amides is 2. The molecular weight excluding hydrogens is 422 g/mol. The number of rotatable bonds is 7. The molecule has 0 saturated heterocycles. The van der Waals surface area contributed by atoms with Crippen molar-refractivity contribution in [2.45, 2.75) is 25.0 Å². The fourth-order valence-electron chi connectivity index (χ4n) is 2.82. The van der Waals surface area contributed by atoms with Gasteiger partial charge in [0.2, 0.25) is 5.91 Å². The minimum Gasteiger partial charge on any atom is -0.342 e. The Labute approximate surface area is 184 Å². The smallest absolute Gasteiger partial charge is 0.251 e. The molecule has 0 spiro atoms. The summed E-state index contributed by atoms with van der Waals surface area (Å²) in [4.78, 5) is 24.6. The van der Waals surface area contributed by atoms with Gasteiger partial charge in [0.25, 0.3) is 5.91 Å². The van der Waals surface area contributed by atoms with Crippen molar-refractivity contribution in [1.82, 2.24) is 20.1 Å². The highest BCUT2D eigenvalue weighted by Crippen LogP contribution is 2.20. The number of carbonyl (C=O) groups is 2. The average molecular weight is 444 g/mol. The van der Waals surface area contributed by atoms with Gasteiger partial charge in [0.1, 0.15) is 0 Å². The Hall–Kier alpha value is -2.84. The van der Waals surface area contributed by atoms with Gasteiger partial charge < -0.3 is 15.2 Å². The first-order valence-corrected chi connectivity index (χ1v) is 10.6. The third kappa shape index (κ3) is 5.61. The van der Waals surface area contributed by atoms with Gasteiger partial charge >= 0.3 is 0 Å². The number of nitrogens with zero attached hydrogens (tertiary/aromatic N) is 3. The van der Waals surface area contributed by atoms with Gasteiger partial charge in [-0.1, -0.05) is 35.5 Å². The predicted octanol–water partition coefficient (Wildman–Crippen LogP) is 4.00. The quantitative estimate of drug-likeness (QED) is 0.539. The van der Waals surface area contributed by atoms with Crippen molar-refractivity contribution in [3.05, 3.63) is 70.5 Å². The third-order valence-corrected chi connectivity index (χ3v) is 5.62. The third-order valence-electron chi connectivity index (χ3n) is 4.34. The molecule has 2 N–H and O–H groups in total. The zero-order valence-electron chi connectivity index (χ0n) is 16.8. The number of thioether (sulfide) groups is 1. The topological polar surface area (TPSA) is 88.9 Å². The molecule has 7 nitrogen and oxygen atoms in total. The highest BCUT2D eigenvalue weighted by Gasteiger charge is 2.19. The molecule has 0 radical (unpaired) electrons. The maximum atomic E-state index is 12.4. The summed E-state index contributed by atoms with van der Waals surface area (Å²) in [5, 5.41) is 15.2. The van der Waals surface area contributed by atoms with Crippen LogP contribution in [0, 0.1) is 6.92 Å². The molecule has 0 aliphatic heterocycles. The Kier molecular flexibility index (Phi) is 7.12. The van der Waals surface area contributed by atoms with Crippen molar-refractivity contribution in [1.29, 1.82) is 0 Å². The maximum absolute atomic E-state index is 12.4.